The highest BCUT2D eigenvalue weighted by Gasteiger charge is 2.11. The number of nitrogens with two attached hydrogens (primary N) is 1. The van der Waals surface area contributed by atoms with Gasteiger partial charge < -0.3 is 11.1 Å². The average molecular weight is 283 g/mol. The molecule has 0 saturated heterocycles. The maximum atomic E-state index is 12.1. The highest BCUT2D eigenvalue weighted by molar-refractivity contribution is 5.98. The zero-order valence-electron chi connectivity index (χ0n) is 12.5. The van der Waals surface area contributed by atoms with E-state index in [-0.39, 0.29) is 5.91 Å². The number of carbonyl (C=O) groups is 1. The van der Waals surface area contributed by atoms with Crippen molar-refractivity contribution in [3.05, 3.63) is 59.4 Å². The van der Waals surface area contributed by atoms with Crippen molar-refractivity contribution < 1.29 is 4.79 Å². The molecule has 1 atom stereocenters. The molecule has 2 rings (SSSR count). The number of rotatable bonds is 5. The summed E-state index contributed by atoms with van der Waals surface area (Å²) in [5, 5.41) is 2.90. The van der Waals surface area contributed by atoms with Crippen LogP contribution in [0.1, 0.15) is 40.9 Å². The largest absolute Gasteiger partial charge is 0.398 e. The predicted molar refractivity (Wildman–Crippen MR) is 85.2 cm³/mol. The lowest BCUT2D eigenvalue weighted by molar-refractivity contribution is 0.0953. The fourth-order valence-electron chi connectivity index (χ4n) is 2.22. The van der Waals surface area contributed by atoms with Crippen LogP contribution >= 0.6 is 0 Å². The topological polar surface area (TPSA) is 68.0 Å². The highest BCUT2D eigenvalue weighted by Crippen LogP contribution is 2.17. The molecule has 0 saturated carbocycles. The third-order valence-electron chi connectivity index (χ3n) is 3.55. The lowest BCUT2D eigenvalue weighted by Crippen LogP contribution is -2.26. The summed E-state index contributed by atoms with van der Waals surface area (Å²) in [4.78, 5) is 16.2. The van der Waals surface area contributed by atoms with E-state index >= 15 is 0 Å². The van der Waals surface area contributed by atoms with E-state index in [4.69, 9.17) is 5.73 Å². The fourth-order valence-corrected chi connectivity index (χ4v) is 2.22. The molecule has 1 heterocycles. The summed E-state index contributed by atoms with van der Waals surface area (Å²) in [5.74, 6) is 0.236. The number of carbonyl (C=O) groups excluding carboxylic acids is 1. The molecular weight excluding hydrogens is 262 g/mol. The Morgan fingerprint density at radius 3 is 2.71 bits per heavy atom. The molecule has 0 aliphatic carbocycles. The summed E-state index contributed by atoms with van der Waals surface area (Å²) in [6, 6.07) is 12.0. The standard InChI is InChI=1S/C17H21N3O/c1-12(14-6-4-3-5-7-14)8-9-19-17(21)15-11-20-13(2)10-16(15)18/h3-7,10-12H,8-9H2,1-2H3,(H2,18,20)(H,19,21). The van der Waals surface area contributed by atoms with Gasteiger partial charge in [0.25, 0.3) is 5.91 Å². The Kier molecular flexibility index (Phi) is 4.93. The molecule has 0 radical (unpaired) electrons. The van der Waals surface area contributed by atoms with Crippen molar-refractivity contribution in [2.24, 2.45) is 0 Å². The fraction of sp³-hybridized carbons (Fsp3) is 0.294. The molecule has 3 N–H and O–H groups in total. The van der Waals surface area contributed by atoms with Crippen molar-refractivity contribution >= 4 is 11.6 Å². The van der Waals surface area contributed by atoms with E-state index in [2.05, 4.69) is 29.4 Å². The van der Waals surface area contributed by atoms with Crippen LogP contribution < -0.4 is 11.1 Å². The Bertz CT molecular complexity index is 611. The van der Waals surface area contributed by atoms with Gasteiger partial charge in [0.2, 0.25) is 0 Å². The quantitative estimate of drug-likeness (QED) is 0.886. The minimum absolute atomic E-state index is 0.166. The predicted octanol–water partition coefficient (Wildman–Crippen LogP) is 2.90. The van der Waals surface area contributed by atoms with Crippen LogP contribution in [0.2, 0.25) is 0 Å². The lowest BCUT2D eigenvalue weighted by atomic mass is 9.98. The van der Waals surface area contributed by atoms with Crippen LogP contribution in [0, 0.1) is 6.92 Å². The Morgan fingerprint density at radius 1 is 1.33 bits per heavy atom. The van der Waals surface area contributed by atoms with Crippen LogP contribution in [0.3, 0.4) is 0 Å². The van der Waals surface area contributed by atoms with E-state index in [9.17, 15) is 4.79 Å². The zero-order valence-corrected chi connectivity index (χ0v) is 12.5. The van der Waals surface area contributed by atoms with Gasteiger partial charge in [-0.05, 0) is 30.9 Å². The molecule has 0 bridgehead atoms. The summed E-state index contributed by atoms with van der Waals surface area (Å²) in [5.41, 5.74) is 8.84. The maximum Gasteiger partial charge on any atom is 0.254 e. The first kappa shape index (κ1) is 15.0. The van der Waals surface area contributed by atoms with E-state index in [1.807, 2.05) is 25.1 Å². The Morgan fingerprint density at radius 2 is 2.05 bits per heavy atom. The molecule has 0 aliphatic heterocycles. The second-order valence-electron chi connectivity index (χ2n) is 5.27. The van der Waals surface area contributed by atoms with Gasteiger partial charge in [-0.15, -0.1) is 0 Å². The number of nitrogens with one attached hydrogen (secondary N) is 1. The zero-order chi connectivity index (χ0) is 15.2. The van der Waals surface area contributed by atoms with E-state index < -0.39 is 0 Å². The van der Waals surface area contributed by atoms with Crippen molar-refractivity contribution in [2.45, 2.75) is 26.2 Å². The van der Waals surface area contributed by atoms with Crippen LogP contribution in [-0.4, -0.2) is 17.4 Å². The number of anilines is 1. The molecule has 1 aromatic heterocycles. The van der Waals surface area contributed by atoms with Crippen molar-refractivity contribution in [1.82, 2.24) is 10.3 Å². The molecule has 1 amide bonds. The number of aryl methyl sites for hydroxylation is 1. The smallest absolute Gasteiger partial charge is 0.254 e. The van der Waals surface area contributed by atoms with Crippen molar-refractivity contribution in [3.8, 4) is 0 Å². The van der Waals surface area contributed by atoms with Crippen LogP contribution in [0.4, 0.5) is 5.69 Å². The first-order valence-corrected chi connectivity index (χ1v) is 7.13. The Balaban J connectivity index is 1.87. The second-order valence-corrected chi connectivity index (χ2v) is 5.27. The summed E-state index contributed by atoms with van der Waals surface area (Å²) in [6.45, 7) is 4.62. The van der Waals surface area contributed by atoms with Crippen LogP contribution in [-0.2, 0) is 0 Å². The molecule has 1 aromatic carbocycles. The SMILES string of the molecule is Cc1cc(N)c(C(=O)NCCC(C)c2ccccc2)cn1. The number of nitrogens with zero attached hydrogens (tertiary/aromatic N) is 1. The molecule has 1 unspecified atom stereocenters. The van der Waals surface area contributed by atoms with Crippen LogP contribution in [0.15, 0.2) is 42.6 Å². The van der Waals surface area contributed by atoms with Crippen molar-refractivity contribution in [2.75, 3.05) is 12.3 Å². The number of hydrogen-bond acceptors (Lipinski definition) is 3. The summed E-state index contributed by atoms with van der Waals surface area (Å²) >= 11 is 0. The van der Waals surface area contributed by atoms with Gasteiger partial charge >= 0.3 is 0 Å². The number of benzene rings is 1. The maximum absolute atomic E-state index is 12.1. The van der Waals surface area contributed by atoms with Gasteiger partial charge in [-0.1, -0.05) is 37.3 Å². The van der Waals surface area contributed by atoms with Crippen LogP contribution in [0.5, 0.6) is 0 Å². The number of aromatic nitrogens is 1. The normalized spacial score (nSPS) is 11.9. The third kappa shape index (κ3) is 4.05. The average Bonchev–Trinajstić information content (AvgIpc) is 2.47. The number of pyridine rings is 1. The Hall–Kier alpha value is -2.36. The minimum atomic E-state index is -0.166. The van der Waals surface area contributed by atoms with Gasteiger partial charge in [0.1, 0.15) is 0 Å². The van der Waals surface area contributed by atoms with Gasteiger partial charge in [0.05, 0.1) is 5.56 Å². The van der Waals surface area contributed by atoms with Gasteiger partial charge in [-0.2, -0.15) is 0 Å². The Labute approximate surface area is 125 Å². The summed E-state index contributed by atoms with van der Waals surface area (Å²) in [6.07, 6.45) is 2.41. The lowest BCUT2D eigenvalue weighted by Gasteiger charge is -2.13. The second kappa shape index (κ2) is 6.88. The van der Waals surface area contributed by atoms with Crippen molar-refractivity contribution in [1.29, 1.82) is 0 Å². The molecule has 4 nitrogen and oxygen atoms in total. The first-order valence-electron chi connectivity index (χ1n) is 7.13. The highest BCUT2D eigenvalue weighted by atomic mass is 16.1. The monoisotopic (exact) mass is 283 g/mol. The van der Waals surface area contributed by atoms with Crippen LogP contribution in [0.25, 0.3) is 0 Å². The van der Waals surface area contributed by atoms with E-state index in [0.717, 1.165) is 12.1 Å². The molecule has 2 aromatic rings. The molecule has 0 aliphatic rings. The number of hydrogen-bond donors (Lipinski definition) is 2. The van der Waals surface area contributed by atoms with E-state index in [1.165, 1.54) is 11.8 Å². The summed E-state index contributed by atoms with van der Waals surface area (Å²) in [7, 11) is 0. The molecular formula is C17H21N3O. The minimum Gasteiger partial charge on any atom is -0.398 e. The molecule has 21 heavy (non-hydrogen) atoms. The van der Waals surface area contributed by atoms with Gasteiger partial charge in [-0.3, -0.25) is 9.78 Å². The third-order valence-corrected chi connectivity index (χ3v) is 3.55. The molecule has 4 heteroatoms. The first-order chi connectivity index (χ1) is 10.1. The van der Waals surface area contributed by atoms with Gasteiger partial charge in [0, 0.05) is 24.1 Å². The van der Waals surface area contributed by atoms with Crippen molar-refractivity contribution in [3.63, 3.8) is 0 Å². The molecule has 0 fully saturated rings. The molecule has 110 valence electrons. The van der Waals surface area contributed by atoms with Gasteiger partial charge in [0.15, 0.2) is 0 Å². The van der Waals surface area contributed by atoms with E-state index in [0.29, 0.717) is 23.7 Å². The van der Waals surface area contributed by atoms with Gasteiger partial charge in [-0.25, -0.2) is 0 Å². The summed E-state index contributed by atoms with van der Waals surface area (Å²) < 4.78 is 0. The number of nitrogen functional groups attached to an aromatic ring is 1. The number of amides is 1. The molecule has 0 spiro atoms. The van der Waals surface area contributed by atoms with E-state index in [1.54, 1.807) is 6.07 Å².